The van der Waals surface area contributed by atoms with E-state index in [0.717, 1.165) is 0 Å². The number of rotatable bonds is 0. The third-order valence-electron chi connectivity index (χ3n) is 6.13. The van der Waals surface area contributed by atoms with Gasteiger partial charge in [0.2, 0.25) is 0 Å². The number of benzene rings is 4. The third-order valence-corrected chi connectivity index (χ3v) is 6.13. The average molecular weight is 369 g/mol. The van der Waals surface area contributed by atoms with Gasteiger partial charge < -0.3 is 0 Å². The van der Waals surface area contributed by atoms with Crippen LogP contribution in [-0.2, 0) is 0 Å². The molecule has 0 radical (unpaired) electrons. The van der Waals surface area contributed by atoms with Crippen LogP contribution >= 0.6 is 0 Å². The Kier molecular flexibility index (Phi) is 5.61. The quantitative estimate of drug-likeness (QED) is 0.294. The monoisotopic (exact) mass is 368 g/mol. The van der Waals surface area contributed by atoms with Crippen molar-refractivity contribution in [1.29, 1.82) is 0 Å². The highest BCUT2D eigenvalue weighted by Gasteiger charge is 2.01. The first-order valence-corrected chi connectivity index (χ1v) is 10.1. The summed E-state index contributed by atoms with van der Waals surface area (Å²) in [5, 5.41) is 5.43. The predicted molar refractivity (Wildman–Crippen MR) is 126 cm³/mol. The normalized spacial score (nSPS) is 10.9. The first kappa shape index (κ1) is 20.1. The van der Waals surface area contributed by atoms with Crippen molar-refractivity contribution in [2.75, 3.05) is 0 Å². The summed E-state index contributed by atoms with van der Waals surface area (Å²) in [4.78, 5) is 0. The van der Waals surface area contributed by atoms with Gasteiger partial charge in [0.15, 0.2) is 0 Å². The van der Waals surface area contributed by atoms with Crippen molar-refractivity contribution in [2.45, 2.75) is 55.4 Å². The standard InChI is InChI=1S/2C14H16/c2*1-9-5-13-7-11(3)12(4)8-14(13)6-10(9)2/h2*5-8H,1-4H3. The zero-order chi connectivity index (χ0) is 20.6. The van der Waals surface area contributed by atoms with Gasteiger partial charge in [-0.1, -0.05) is 48.5 Å². The van der Waals surface area contributed by atoms with E-state index in [0.29, 0.717) is 0 Å². The first-order chi connectivity index (χ1) is 13.2. The highest BCUT2D eigenvalue weighted by Crippen LogP contribution is 2.23. The Labute approximate surface area is 170 Å². The summed E-state index contributed by atoms with van der Waals surface area (Å²) >= 11 is 0. The molecule has 0 aromatic heterocycles. The third kappa shape index (κ3) is 4.12. The number of hydrogen-bond acceptors (Lipinski definition) is 0. The van der Waals surface area contributed by atoms with E-state index in [1.807, 2.05) is 0 Å². The lowest BCUT2D eigenvalue weighted by molar-refractivity contribution is 1.34. The number of fused-ring (bicyclic) bond motifs is 2. The van der Waals surface area contributed by atoms with Crippen LogP contribution in [0.4, 0.5) is 0 Å². The van der Waals surface area contributed by atoms with Crippen LogP contribution < -0.4 is 0 Å². The van der Waals surface area contributed by atoms with Crippen LogP contribution in [0.25, 0.3) is 21.5 Å². The lowest BCUT2D eigenvalue weighted by Gasteiger charge is -2.07. The maximum atomic E-state index is 2.27. The van der Waals surface area contributed by atoms with Crippen molar-refractivity contribution < 1.29 is 0 Å². The van der Waals surface area contributed by atoms with Crippen LogP contribution in [0.15, 0.2) is 48.5 Å². The second-order valence-electron chi connectivity index (χ2n) is 8.44. The molecule has 4 aromatic carbocycles. The van der Waals surface area contributed by atoms with Crippen molar-refractivity contribution in [1.82, 2.24) is 0 Å². The van der Waals surface area contributed by atoms with Gasteiger partial charge in [-0.05, 0) is 121 Å². The molecule has 0 spiro atoms. The molecule has 4 aromatic rings. The molecular weight excluding hydrogens is 336 g/mol. The summed E-state index contributed by atoms with van der Waals surface area (Å²) < 4.78 is 0. The number of aryl methyl sites for hydroxylation is 8. The lowest BCUT2D eigenvalue weighted by Crippen LogP contribution is -1.85. The van der Waals surface area contributed by atoms with Gasteiger partial charge in [0, 0.05) is 0 Å². The van der Waals surface area contributed by atoms with Gasteiger partial charge in [-0.25, -0.2) is 0 Å². The molecule has 4 rings (SSSR count). The molecule has 0 amide bonds. The van der Waals surface area contributed by atoms with E-state index in [-0.39, 0.29) is 0 Å². The highest BCUT2D eigenvalue weighted by molar-refractivity contribution is 5.86. The molecule has 0 aliphatic heterocycles. The summed E-state index contributed by atoms with van der Waals surface area (Å²) in [5.41, 5.74) is 11.0. The molecule has 0 aliphatic carbocycles. The SMILES string of the molecule is Cc1cc2cc(C)c(C)cc2cc1C.Cc1cc2cc(C)c(C)cc2cc1C. The minimum absolute atomic E-state index is 1.36. The predicted octanol–water partition coefficient (Wildman–Crippen LogP) is 8.15. The number of hydrogen-bond donors (Lipinski definition) is 0. The molecule has 0 unspecified atom stereocenters. The maximum Gasteiger partial charge on any atom is -0.0178 e. The fraction of sp³-hybridized carbons (Fsp3) is 0.286. The van der Waals surface area contributed by atoms with Crippen molar-refractivity contribution >= 4 is 21.5 Å². The Morgan fingerprint density at radius 3 is 0.464 bits per heavy atom. The van der Waals surface area contributed by atoms with Crippen molar-refractivity contribution in [3.63, 3.8) is 0 Å². The second kappa shape index (κ2) is 7.80. The highest BCUT2D eigenvalue weighted by atomic mass is 14.1. The lowest BCUT2D eigenvalue weighted by atomic mass is 9.98. The molecule has 0 saturated carbocycles. The molecule has 0 atom stereocenters. The summed E-state index contributed by atoms with van der Waals surface area (Å²) in [6.07, 6.45) is 0. The van der Waals surface area contributed by atoms with Gasteiger partial charge in [-0.15, -0.1) is 0 Å². The van der Waals surface area contributed by atoms with E-state index in [1.54, 1.807) is 0 Å². The smallest absolute Gasteiger partial charge is 0.0178 e. The minimum atomic E-state index is 1.36. The second-order valence-corrected chi connectivity index (χ2v) is 8.44. The van der Waals surface area contributed by atoms with E-state index in [2.05, 4.69) is 104 Å². The maximum absolute atomic E-state index is 2.27. The summed E-state index contributed by atoms with van der Waals surface area (Å²) in [6.45, 7) is 17.4. The summed E-state index contributed by atoms with van der Waals surface area (Å²) in [6, 6.07) is 18.2. The van der Waals surface area contributed by atoms with E-state index < -0.39 is 0 Å². The fourth-order valence-electron chi connectivity index (χ4n) is 3.61. The first-order valence-electron chi connectivity index (χ1n) is 10.1. The van der Waals surface area contributed by atoms with Crippen LogP contribution in [0.2, 0.25) is 0 Å². The minimum Gasteiger partial charge on any atom is -0.0512 e. The molecule has 0 N–H and O–H groups in total. The topological polar surface area (TPSA) is 0 Å². The molecule has 28 heavy (non-hydrogen) atoms. The average Bonchev–Trinajstić information content (AvgIpc) is 2.62. The molecule has 144 valence electrons. The van der Waals surface area contributed by atoms with Crippen molar-refractivity contribution in [2.24, 2.45) is 0 Å². The Morgan fingerprint density at radius 2 is 0.357 bits per heavy atom. The van der Waals surface area contributed by atoms with Gasteiger partial charge in [0.25, 0.3) is 0 Å². The van der Waals surface area contributed by atoms with Crippen molar-refractivity contribution in [3.8, 4) is 0 Å². The molecule has 0 nitrogen and oxygen atoms in total. The molecule has 0 aliphatic rings. The Hall–Kier alpha value is -2.60. The van der Waals surface area contributed by atoms with Crippen LogP contribution in [-0.4, -0.2) is 0 Å². The Bertz CT molecular complexity index is 902. The zero-order valence-corrected chi connectivity index (χ0v) is 18.6. The van der Waals surface area contributed by atoms with E-state index in [4.69, 9.17) is 0 Å². The van der Waals surface area contributed by atoms with Gasteiger partial charge in [0.05, 0.1) is 0 Å². The van der Waals surface area contributed by atoms with Gasteiger partial charge in [0.1, 0.15) is 0 Å². The molecule has 0 bridgehead atoms. The van der Waals surface area contributed by atoms with Gasteiger partial charge >= 0.3 is 0 Å². The Balaban J connectivity index is 0.000000161. The van der Waals surface area contributed by atoms with E-state index in [1.165, 1.54) is 66.1 Å². The molecule has 0 heterocycles. The summed E-state index contributed by atoms with van der Waals surface area (Å²) in [5.74, 6) is 0. The largest absolute Gasteiger partial charge is 0.0512 e. The van der Waals surface area contributed by atoms with E-state index >= 15 is 0 Å². The van der Waals surface area contributed by atoms with Crippen LogP contribution in [0.3, 0.4) is 0 Å². The summed E-state index contributed by atoms with van der Waals surface area (Å²) in [7, 11) is 0. The van der Waals surface area contributed by atoms with Gasteiger partial charge in [-0.2, -0.15) is 0 Å². The van der Waals surface area contributed by atoms with E-state index in [9.17, 15) is 0 Å². The molecule has 0 heteroatoms. The Morgan fingerprint density at radius 1 is 0.250 bits per heavy atom. The fourth-order valence-corrected chi connectivity index (χ4v) is 3.61. The zero-order valence-electron chi connectivity index (χ0n) is 18.6. The molecular formula is C28H32. The molecule has 0 fully saturated rings. The van der Waals surface area contributed by atoms with Crippen LogP contribution in [0, 0.1) is 55.4 Å². The van der Waals surface area contributed by atoms with Crippen LogP contribution in [0.5, 0.6) is 0 Å². The van der Waals surface area contributed by atoms with Crippen molar-refractivity contribution in [3.05, 3.63) is 93.0 Å². The van der Waals surface area contributed by atoms with Crippen LogP contribution in [0.1, 0.15) is 44.5 Å². The molecule has 0 saturated heterocycles. The van der Waals surface area contributed by atoms with Gasteiger partial charge in [-0.3, -0.25) is 0 Å².